The van der Waals surface area contributed by atoms with Crippen LogP contribution in [0, 0.1) is 0 Å². The Bertz CT molecular complexity index is 140. The van der Waals surface area contributed by atoms with Crippen molar-refractivity contribution in [3.63, 3.8) is 0 Å². The minimum Gasteiger partial charge on any atom is -0.370 e. The monoisotopic (exact) mass is 238 g/mol. The first-order chi connectivity index (χ1) is 6.77. The number of unbranched alkanes of at least 4 members (excludes halogenated alkanes) is 8. The van der Waals surface area contributed by atoms with Crippen LogP contribution in [0.25, 0.3) is 0 Å². The van der Waals surface area contributed by atoms with Gasteiger partial charge in [-0.15, -0.1) is 0 Å². The van der Waals surface area contributed by atoms with Gasteiger partial charge in [0.2, 0.25) is 5.91 Å². The van der Waals surface area contributed by atoms with E-state index in [-0.39, 0.29) is 57.3 Å². The van der Waals surface area contributed by atoms with Gasteiger partial charge in [-0.2, -0.15) is 0 Å². The molecule has 3 heteroatoms. The first kappa shape index (κ1) is 18.5. The SMILES string of the molecule is CCCCCCCCCCCC(N)=O.[K]. The molecule has 0 aliphatic rings. The van der Waals surface area contributed by atoms with Gasteiger partial charge in [0.25, 0.3) is 0 Å². The van der Waals surface area contributed by atoms with Gasteiger partial charge in [0.15, 0.2) is 0 Å². The molecule has 1 amide bonds. The Morgan fingerprint density at radius 1 is 0.867 bits per heavy atom. The Labute approximate surface area is 137 Å². The third kappa shape index (κ3) is 17.7. The van der Waals surface area contributed by atoms with E-state index in [1.54, 1.807) is 0 Å². The molecule has 0 unspecified atom stereocenters. The standard InChI is InChI=1S/C12H25NO.K/c1-2-3-4-5-6-7-8-9-10-11-12(13)14;/h2-11H2,1H3,(H2,13,14);. The fraction of sp³-hybridized carbons (Fsp3) is 0.917. The third-order valence-corrected chi connectivity index (χ3v) is 2.53. The fourth-order valence-electron chi connectivity index (χ4n) is 1.61. The van der Waals surface area contributed by atoms with Gasteiger partial charge in [-0.05, 0) is 6.42 Å². The largest absolute Gasteiger partial charge is 0.370 e. The molecule has 0 heterocycles. The van der Waals surface area contributed by atoms with E-state index in [4.69, 9.17) is 5.73 Å². The maximum absolute atomic E-state index is 10.4. The van der Waals surface area contributed by atoms with Crippen LogP contribution in [0.3, 0.4) is 0 Å². The predicted octanol–water partition coefficient (Wildman–Crippen LogP) is 3.01. The van der Waals surface area contributed by atoms with Crippen LogP contribution in [0.15, 0.2) is 0 Å². The maximum atomic E-state index is 10.4. The topological polar surface area (TPSA) is 43.1 Å². The fourth-order valence-corrected chi connectivity index (χ4v) is 1.61. The summed E-state index contributed by atoms with van der Waals surface area (Å²) >= 11 is 0. The van der Waals surface area contributed by atoms with E-state index in [1.807, 2.05) is 0 Å². The normalized spacial score (nSPS) is 9.67. The van der Waals surface area contributed by atoms with Crippen LogP contribution in [0.1, 0.15) is 71.1 Å². The number of carbonyl (C=O) groups excluding carboxylic acids is 1. The molecule has 0 spiro atoms. The average Bonchev–Trinajstić information content (AvgIpc) is 2.15. The van der Waals surface area contributed by atoms with Crippen LogP contribution in [0.4, 0.5) is 0 Å². The quantitative estimate of drug-likeness (QED) is 0.461. The molecule has 0 aliphatic heterocycles. The van der Waals surface area contributed by atoms with E-state index in [0.29, 0.717) is 6.42 Å². The maximum Gasteiger partial charge on any atom is 0.217 e. The van der Waals surface area contributed by atoms with Gasteiger partial charge in [-0.3, -0.25) is 4.79 Å². The van der Waals surface area contributed by atoms with Crippen molar-refractivity contribution in [2.45, 2.75) is 71.1 Å². The number of primary amides is 1. The van der Waals surface area contributed by atoms with Crippen molar-refractivity contribution in [3.8, 4) is 0 Å². The molecule has 2 N–H and O–H groups in total. The van der Waals surface area contributed by atoms with E-state index in [2.05, 4.69) is 6.92 Å². The molecule has 0 bridgehead atoms. The van der Waals surface area contributed by atoms with E-state index >= 15 is 0 Å². The van der Waals surface area contributed by atoms with Crippen LogP contribution in [0.5, 0.6) is 0 Å². The van der Waals surface area contributed by atoms with Gasteiger partial charge in [0.05, 0.1) is 0 Å². The molecule has 15 heavy (non-hydrogen) atoms. The molecule has 2 nitrogen and oxygen atoms in total. The van der Waals surface area contributed by atoms with Crippen LogP contribution < -0.4 is 5.73 Å². The summed E-state index contributed by atoms with van der Waals surface area (Å²) in [4.78, 5) is 10.4. The number of rotatable bonds is 10. The third-order valence-electron chi connectivity index (χ3n) is 2.53. The summed E-state index contributed by atoms with van der Waals surface area (Å²) in [6.07, 6.45) is 12.1. The van der Waals surface area contributed by atoms with Gasteiger partial charge in [-0.25, -0.2) is 0 Å². The van der Waals surface area contributed by atoms with E-state index in [9.17, 15) is 4.79 Å². The predicted molar refractivity (Wildman–Crippen MR) is 66.8 cm³/mol. The van der Waals surface area contributed by atoms with Crippen molar-refractivity contribution in [1.82, 2.24) is 0 Å². The number of hydrogen-bond donors (Lipinski definition) is 1. The summed E-state index contributed by atoms with van der Waals surface area (Å²) in [7, 11) is 0. The molecule has 0 saturated carbocycles. The second-order valence-corrected chi connectivity index (χ2v) is 4.04. The van der Waals surface area contributed by atoms with Gasteiger partial charge >= 0.3 is 0 Å². The minimum atomic E-state index is -0.159. The van der Waals surface area contributed by atoms with Gasteiger partial charge in [0, 0.05) is 57.8 Å². The van der Waals surface area contributed by atoms with E-state index in [1.165, 1.54) is 44.9 Å². The number of carbonyl (C=O) groups is 1. The Morgan fingerprint density at radius 3 is 1.67 bits per heavy atom. The molecular formula is C12H25KNO. The smallest absolute Gasteiger partial charge is 0.217 e. The van der Waals surface area contributed by atoms with Crippen molar-refractivity contribution in [2.24, 2.45) is 5.73 Å². The van der Waals surface area contributed by atoms with E-state index < -0.39 is 0 Å². The molecule has 0 aromatic rings. The second-order valence-electron chi connectivity index (χ2n) is 4.04. The Morgan fingerprint density at radius 2 is 1.27 bits per heavy atom. The van der Waals surface area contributed by atoms with Gasteiger partial charge in [-0.1, -0.05) is 58.3 Å². The second kappa shape index (κ2) is 15.1. The molecule has 0 aliphatic carbocycles. The summed E-state index contributed by atoms with van der Waals surface area (Å²) in [6, 6.07) is 0. The zero-order chi connectivity index (χ0) is 10.6. The zero-order valence-corrected chi connectivity index (χ0v) is 13.7. The molecule has 0 saturated heterocycles. The molecule has 0 aromatic carbocycles. The van der Waals surface area contributed by atoms with Crippen LogP contribution in [-0.4, -0.2) is 57.3 Å². The van der Waals surface area contributed by atoms with E-state index in [0.717, 1.165) is 12.8 Å². The Kier molecular flexibility index (Phi) is 18.6. The summed E-state index contributed by atoms with van der Waals surface area (Å²) in [5.41, 5.74) is 5.05. The number of hydrogen-bond acceptors (Lipinski definition) is 1. The van der Waals surface area contributed by atoms with Gasteiger partial charge < -0.3 is 5.73 Å². The molecule has 0 aromatic heterocycles. The van der Waals surface area contributed by atoms with Crippen molar-refractivity contribution < 1.29 is 4.79 Å². The average molecular weight is 238 g/mol. The first-order valence-electron chi connectivity index (χ1n) is 6.05. The molecular weight excluding hydrogens is 213 g/mol. The van der Waals surface area contributed by atoms with Crippen LogP contribution in [0.2, 0.25) is 0 Å². The first-order valence-corrected chi connectivity index (χ1v) is 6.05. The number of amides is 1. The summed E-state index contributed by atoms with van der Waals surface area (Å²) in [6.45, 7) is 2.24. The summed E-state index contributed by atoms with van der Waals surface area (Å²) in [5.74, 6) is -0.159. The summed E-state index contributed by atoms with van der Waals surface area (Å²) < 4.78 is 0. The van der Waals surface area contributed by atoms with Gasteiger partial charge in [0.1, 0.15) is 0 Å². The molecule has 85 valence electrons. The van der Waals surface area contributed by atoms with Crippen molar-refractivity contribution in [2.75, 3.05) is 0 Å². The Balaban J connectivity index is 0. The molecule has 0 rings (SSSR count). The van der Waals surface area contributed by atoms with Crippen LogP contribution in [-0.2, 0) is 4.79 Å². The van der Waals surface area contributed by atoms with Crippen molar-refractivity contribution >= 4 is 57.3 Å². The van der Waals surface area contributed by atoms with Crippen molar-refractivity contribution in [3.05, 3.63) is 0 Å². The van der Waals surface area contributed by atoms with Crippen molar-refractivity contribution in [1.29, 1.82) is 0 Å². The molecule has 0 fully saturated rings. The Hall–Kier alpha value is 1.11. The minimum absolute atomic E-state index is 0. The number of nitrogens with two attached hydrogens (primary N) is 1. The van der Waals surface area contributed by atoms with Crippen LogP contribution >= 0.6 is 0 Å². The molecule has 0 atom stereocenters. The summed E-state index contributed by atoms with van der Waals surface area (Å²) in [5, 5.41) is 0. The zero-order valence-electron chi connectivity index (χ0n) is 10.6. The molecule has 1 radical (unpaired) electrons.